The van der Waals surface area contributed by atoms with Crippen molar-refractivity contribution in [2.24, 2.45) is 0 Å². The van der Waals surface area contributed by atoms with Crippen LogP contribution < -0.4 is 0 Å². The zero-order valence-corrected chi connectivity index (χ0v) is 18.1. The fourth-order valence-electron chi connectivity index (χ4n) is 3.88. The van der Waals surface area contributed by atoms with Crippen LogP contribution in [0, 0.1) is 0 Å². The van der Waals surface area contributed by atoms with Crippen molar-refractivity contribution in [2.45, 2.75) is 64.2 Å². The van der Waals surface area contributed by atoms with E-state index in [0.717, 1.165) is 24.0 Å². The molecule has 0 radical (unpaired) electrons. The highest BCUT2D eigenvalue weighted by molar-refractivity contribution is 5.86. The van der Waals surface area contributed by atoms with Gasteiger partial charge in [-0.1, -0.05) is 60.7 Å². The Morgan fingerprint density at radius 3 is 2.13 bits per heavy atom. The van der Waals surface area contributed by atoms with Crippen LogP contribution in [-0.4, -0.2) is 34.6 Å². The first kappa shape index (κ1) is 21.9. The first-order valence-corrected chi connectivity index (χ1v) is 10.6. The Hall–Kier alpha value is -2.82. The molecule has 1 aliphatic rings. The van der Waals surface area contributed by atoms with E-state index in [0.29, 0.717) is 19.4 Å². The van der Waals surface area contributed by atoms with E-state index in [9.17, 15) is 9.59 Å². The lowest BCUT2D eigenvalue weighted by Gasteiger charge is -2.45. The Kier molecular flexibility index (Phi) is 6.80. The molecular formula is C25H31NO4. The van der Waals surface area contributed by atoms with Crippen LogP contribution in [0.5, 0.6) is 0 Å². The predicted octanol–water partition coefficient (Wildman–Crippen LogP) is 5.13. The first-order valence-electron chi connectivity index (χ1n) is 10.6. The minimum Gasteiger partial charge on any atom is -0.459 e. The van der Waals surface area contributed by atoms with Gasteiger partial charge in [-0.25, -0.2) is 9.59 Å². The van der Waals surface area contributed by atoms with Crippen LogP contribution in [0.2, 0.25) is 0 Å². The van der Waals surface area contributed by atoms with Gasteiger partial charge >= 0.3 is 12.1 Å². The van der Waals surface area contributed by atoms with Crippen molar-refractivity contribution in [3.8, 4) is 0 Å². The summed E-state index contributed by atoms with van der Waals surface area (Å²) >= 11 is 0. The van der Waals surface area contributed by atoms with E-state index in [1.54, 1.807) is 4.90 Å². The van der Waals surface area contributed by atoms with Crippen LogP contribution in [-0.2, 0) is 27.3 Å². The number of benzene rings is 2. The highest BCUT2D eigenvalue weighted by atomic mass is 16.6. The van der Waals surface area contributed by atoms with Gasteiger partial charge in [-0.05, 0) is 51.2 Å². The van der Waals surface area contributed by atoms with Crippen molar-refractivity contribution in [2.75, 3.05) is 6.54 Å². The van der Waals surface area contributed by atoms with Gasteiger partial charge in [0, 0.05) is 13.0 Å². The predicted molar refractivity (Wildman–Crippen MR) is 116 cm³/mol. The summed E-state index contributed by atoms with van der Waals surface area (Å²) in [6, 6.07) is 19.4. The molecule has 5 heteroatoms. The summed E-state index contributed by atoms with van der Waals surface area (Å²) in [6.45, 7) is 6.16. The standard InChI is InChI=1S/C25H31NO4/c1-24(2,3)30-23(28)26-17-11-10-16-25(26,18-20-12-6-4-7-13-20)22(27)29-19-21-14-8-5-9-15-21/h4-9,12-15H,10-11,16-19H2,1-3H3. The van der Waals surface area contributed by atoms with E-state index in [4.69, 9.17) is 9.47 Å². The number of hydrogen-bond donors (Lipinski definition) is 0. The number of carbonyl (C=O) groups excluding carboxylic acids is 2. The molecule has 0 saturated carbocycles. The summed E-state index contributed by atoms with van der Waals surface area (Å²) in [6.07, 6.45) is 2.18. The molecule has 1 atom stereocenters. The zero-order chi connectivity index (χ0) is 21.6. The average Bonchev–Trinajstić information content (AvgIpc) is 2.72. The molecule has 0 spiro atoms. The lowest BCUT2D eigenvalue weighted by Crippen LogP contribution is -2.62. The monoisotopic (exact) mass is 409 g/mol. The quantitative estimate of drug-likeness (QED) is 0.642. The van der Waals surface area contributed by atoms with Crippen LogP contribution in [0.4, 0.5) is 4.79 Å². The van der Waals surface area contributed by atoms with Gasteiger partial charge < -0.3 is 9.47 Å². The second kappa shape index (κ2) is 9.33. The number of hydrogen-bond acceptors (Lipinski definition) is 4. The van der Waals surface area contributed by atoms with Gasteiger partial charge in [0.25, 0.3) is 0 Å². The molecule has 1 saturated heterocycles. The molecule has 1 aliphatic heterocycles. The van der Waals surface area contributed by atoms with Gasteiger partial charge in [0.15, 0.2) is 0 Å². The molecule has 5 nitrogen and oxygen atoms in total. The molecule has 0 aromatic heterocycles. The van der Waals surface area contributed by atoms with Gasteiger partial charge in [0.2, 0.25) is 0 Å². The number of amides is 1. The molecule has 30 heavy (non-hydrogen) atoms. The van der Waals surface area contributed by atoms with Crippen molar-refractivity contribution in [1.29, 1.82) is 0 Å². The van der Waals surface area contributed by atoms with E-state index < -0.39 is 17.2 Å². The Morgan fingerprint density at radius 1 is 0.933 bits per heavy atom. The lowest BCUT2D eigenvalue weighted by atomic mass is 9.81. The fraction of sp³-hybridized carbons (Fsp3) is 0.440. The van der Waals surface area contributed by atoms with E-state index in [1.807, 2.05) is 81.4 Å². The molecule has 0 bridgehead atoms. The number of carbonyl (C=O) groups is 2. The van der Waals surface area contributed by atoms with Crippen molar-refractivity contribution in [3.63, 3.8) is 0 Å². The Morgan fingerprint density at radius 2 is 1.53 bits per heavy atom. The van der Waals surface area contributed by atoms with E-state index in [2.05, 4.69) is 0 Å². The summed E-state index contributed by atoms with van der Waals surface area (Å²) < 4.78 is 11.4. The maximum absolute atomic E-state index is 13.5. The lowest BCUT2D eigenvalue weighted by molar-refractivity contribution is -0.162. The van der Waals surface area contributed by atoms with Crippen LogP contribution >= 0.6 is 0 Å². The number of likely N-dealkylation sites (tertiary alicyclic amines) is 1. The van der Waals surface area contributed by atoms with Gasteiger partial charge in [-0.2, -0.15) is 0 Å². The third-order valence-electron chi connectivity index (χ3n) is 5.28. The number of rotatable bonds is 5. The summed E-state index contributed by atoms with van der Waals surface area (Å²) in [7, 11) is 0. The minimum absolute atomic E-state index is 0.179. The number of ether oxygens (including phenoxy) is 2. The molecule has 0 N–H and O–H groups in total. The second-order valence-corrected chi connectivity index (χ2v) is 8.84. The molecule has 0 aliphatic carbocycles. The van der Waals surface area contributed by atoms with E-state index in [-0.39, 0.29) is 12.6 Å². The Labute approximate surface area is 179 Å². The average molecular weight is 410 g/mol. The molecule has 1 unspecified atom stereocenters. The summed E-state index contributed by atoms with van der Waals surface area (Å²) in [4.78, 5) is 28.2. The molecule has 2 aromatic rings. The van der Waals surface area contributed by atoms with E-state index in [1.165, 1.54) is 0 Å². The molecular weight excluding hydrogens is 378 g/mol. The number of piperidine rings is 1. The van der Waals surface area contributed by atoms with Crippen molar-refractivity contribution in [1.82, 2.24) is 4.90 Å². The summed E-state index contributed by atoms with van der Waals surface area (Å²) in [5, 5.41) is 0. The summed E-state index contributed by atoms with van der Waals surface area (Å²) in [5.41, 5.74) is 0.197. The maximum atomic E-state index is 13.5. The topological polar surface area (TPSA) is 55.8 Å². The fourth-order valence-corrected chi connectivity index (χ4v) is 3.88. The molecule has 3 rings (SSSR count). The molecule has 2 aromatic carbocycles. The minimum atomic E-state index is -1.07. The maximum Gasteiger partial charge on any atom is 0.411 e. The first-order chi connectivity index (χ1) is 14.3. The summed E-state index contributed by atoms with van der Waals surface area (Å²) in [5.74, 6) is -0.374. The molecule has 160 valence electrons. The SMILES string of the molecule is CC(C)(C)OC(=O)N1CCCCC1(Cc1ccccc1)C(=O)OCc1ccccc1. The van der Waals surface area contributed by atoms with E-state index >= 15 is 0 Å². The molecule has 1 amide bonds. The third-order valence-corrected chi connectivity index (χ3v) is 5.28. The van der Waals surface area contributed by atoms with Crippen molar-refractivity contribution < 1.29 is 19.1 Å². The largest absolute Gasteiger partial charge is 0.459 e. The van der Waals surface area contributed by atoms with Crippen molar-refractivity contribution >= 4 is 12.1 Å². The highest BCUT2D eigenvalue weighted by Crippen LogP contribution is 2.35. The van der Waals surface area contributed by atoms with Gasteiger partial charge in [0.05, 0.1) is 0 Å². The van der Waals surface area contributed by atoms with Crippen LogP contribution in [0.3, 0.4) is 0 Å². The highest BCUT2D eigenvalue weighted by Gasteiger charge is 2.50. The zero-order valence-electron chi connectivity index (χ0n) is 18.1. The van der Waals surface area contributed by atoms with Gasteiger partial charge in [-0.15, -0.1) is 0 Å². The van der Waals surface area contributed by atoms with Crippen molar-refractivity contribution in [3.05, 3.63) is 71.8 Å². The third kappa shape index (κ3) is 5.41. The molecule has 1 heterocycles. The normalized spacial score (nSPS) is 19.2. The van der Waals surface area contributed by atoms with Gasteiger partial charge in [0.1, 0.15) is 17.7 Å². The Balaban J connectivity index is 1.90. The van der Waals surface area contributed by atoms with Crippen LogP contribution in [0.1, 0.15) is 51.2 Å². The van der Waals surface area contributed by atoms with Crippen LogP contribution in [0.15, 0.2) is 60.7 Å². The second-order valence-electron chi connectivity index (χ2n) is 8.84. The Bertz CT molecular complexity index is 844. The number of esters is 1. The smallest absolute Gasteiger partial charge is 0.411 e. The van der Waals surface area contributed by atoms with Crippen LogP contribution in [0.25, 0.3) is 0 Å². The number of nitrogens with zero attached hydrogens (tertiary/aromatic N) is 1. The molecule has 1 fully saturated rings. The van der Waals surface area contributed by atoms with Gasteiger partial charge in [-0.3, -0.25) is 4.90 Å².